The zero-order valence-corrected chi connectivity index (χ0v) is 23.3. The first-order valence-electron chi connectivity index (χ1n) is 14.2. The smallest absolute Gasteiger partial charge is 0.332 e. The Labute approximate surface area is 217 Å². The minimum atomic E-state index is -0.511. The summed E-state index contributed by atoms with van der Waals surface area (Å²) in [6.07, 6.45) is 9.48. The van der Waals surface area contributed by atoms with Gasteiger partial charge in [-0.3, -0.25) is 14.5 Å². The van der Waals surface area contributed by atoms with Crippen LogP contribution in [-0.2, 0) is 23.9 Å². The summed E-state index contributed by atoms with van der Waals surface area (Å²) in [7, 11) is 1.61. The lowest BCUT2D eigenvalue weighted by molar-refractivity contribution is -0.163. The van der Waals surface area contributed by atoms with Gasteiger partial charge in [0.15, 0.2) is 0 Å². The predicted molar refractivity (Wildman–Crippen MR) is 138 cm³/mol. The summed E-state index contributed by atoms with van der Waals surface area (Å²) in [5.41, 5.74) is -0.511. The van der Waals surface area contributed by atoms with Gasteiger partial charge in [0.05, 0.1) is 18.1 Å². The molecular weight excluding hydrogens is 458 g/mol. The highest BCUT2D eigenvalue weighted by Gasteiger charge is 2.45. The number of imide groups is 1. The lowest BCUT2D eigenvalue weighted by Gasteiger charge is -2.38. The minimum absolute atomic E-state index is 0.0108. The van der Waals surface area contributed by atoms with Gasteiger partial charge in [-0.25, -0.2) is 4.79 Å². The number of hydrogen-bond donors (Lipinski definition) is 1. The Balaban J connectivity index is 1.60. The summed E-state index contributed by atoms with van der Waals surface area (Å²) in [5, 5.41) is 9.94. The molecule has 2 saturated carbocycles. The molecule has 206 valence electrons. The van der Waals surface area contributed by atoms with E-state index in [0.717, 1.165) is 64.2 Å². The quantitative estimate of drug-likeness (QED) is 0.358. The molecule has 0 aromatic heterocycles. The Kier molecular flexibility index (Phi) is 10.0. The van der Waals surface area contributed by atoms with Gasteiger partial charge in [0.25, 0.3) is 0 Å². The summed E-state index contributed by atoms with van der Waals surface area (Å²) in [6.45, 7) is 9.79. The number of aliphatic hydroxyl groups excluding tert-OH is 1. The number of carbonyl (C=O) groups excluding carboxylic acids is 3. The van der Waals surface area contributed by atoms with Crippen LogP contribution in [0.5, 0.6) is 0 Å². The maximum Gasteiger partial charge on any atom is 0.332 e. The highest BCUT2D eigenvalue weighted by Crippen LogP contribution is 2.43. The molecule has 7 heteroatoms. The van der Waals surface area contributed by atoms with Crippen LogP contribution in [0.4, 0.5) is 0 Å². The van der Waals surface area contributed by atoms with E-state index in [1.165, 1.54) is 4.90 Å². The van der Waals surface area contributed by atoms with Crippen LogP contribution in [0.1, 0.15) is 98.8 Å². The molecule has 1 heterocycles. The van der Waals surface area contributed by atoms with Crippen LogP contribution in [0.25, 0.3) is 0 Å². The summed E-state index contributed by atoms with van der Waals surface area (Å²) >= 11 is 0. The molecule has 4 atom stereocenters. The van der Waals surface area contributed by atoms with Crippen molar-refractivity contribution in [2.24, 2.45) is 35.5 Å². The highest BCUT2D eigenvalue weighted by molar-refractivity contribution is 6.04. The van der Waals surface area contributed by atoms with Gasteiger partial charge in [-0.05, 0) is 109 Å². The average molecular weight is 508 g/mol. The maximum absolute atomic E-state index is 12.9. The number of carbonyl (C=O) groups is 3. The van der Waals surface area contributed by atoms with Gasteiger partial charge in [-0.15, -0.1) is 0 Å². The van der Waals surface area contributed by atoms with Gasteiger partial charge in [0, 0.05) is 13.0 Å². The third kappa shape index (κ3) is 7.77. The lowest BCUT2D eigenvalue weighted by atomic mass is 9.68. The zero-order valence-electron chi connectivity index (χ0n) is 23.3. The number of hydrogen-bond acceptors (Lipinski definition) is 6. The van der Waals surface area contributed by atoms with Crippen molar-refractivity contribution in [1.82, 2.24) is 4.90 Å². The first kappa shape index (κ1) is 29.1. The van der Waals surface area contributed by atoms with E-state index in [1.54, 1.807) is 7.05 Å². The summed E-state index contributed by atoms with van der Waals surface area (Å²) in [4.78, 5) is 38.7. The van der Waals surface area contributed by atoms with Gasteiger partial charge in [0.1, 0.15) is 12.2 Å². The number of aliphatic hydroxyl groups is 1. The molecule has 3 fully saturated rings. The van der Waals surface area contributed by atoms with Crippen LogP contribution in [0, 0.1) is 35.5 Å². The standard InChI is InChI=1S/C29H49NO6/c1-18(20-7-11-23(31)12-8-20)15-22(16-25-19(2)27(33)30(6)28(25)34)21-9-13-24(14-10-21)35-17-26(32)36-29(3,4)5/h18-25,31H,7-17H2,1-6H3. The number of nitrogens with zero attached hydrogens (tertiary/aromatic N) is 1. The molecule has 1 N–H and O–H groups in total. The molecule has 3 aliphatic rings. The van der Waals surface area contributed by atoms with Crippen molar-refractivity contribution < 1.29 is 29.0 Å². The molecule has 0 bridgehead atoms. The van der Waals surface area contributed by atoms with Crippen molar-refractivity contribution >= 4 is 17.8 Å². The molecule has 0 aromatic carbocycles. The Morgan fingerprint density at radius 1 is 1.00 bits per heavy atom. The Morgan fingerprint density at radius 3 is 2.11 bits per heavy atom. The van der Waals surface area contributed by atoms with E-state index >= 15 is 0 Å². The fraction of sp³-hybridized carbons (Fsp3) is 0.897. The molecule has 0 radical (unpaired) electrons. The van der Waals surface area contributed by atoms with Gasteiger partial charge >= 0.3 is 5.97 Å². The topological polar surface area (TPSA) is 93.1 Å². The van der Waals surface area contributed by atoms with E-state index in [1.807, 2.05) is 27.7 Å². The lowest BCUT2D eigenvalue weighted by Crippen LogP contribution is -2.33. The largest absolute Gasteiger partial charge is 0.458 e. The molecule has 1 saturated heterocycles. The van der Waals surface area contributed by atoms with Crippen LogP contribution in [0.3, 0.4) is 0 Å². The van der Waals surface area contributed by atoms with Crippen molar-refractivity contribution in [1.29, 1.82) is 0 Å². The molecule has 7 nitrogen and oxygen atoms in total. The third-order valence-electron chi connectivity index (χ3n) is 8.99. The van der Waals surface area contributed by atoms with Gasteiger partial charge in [0.2, 0.25) is 11.8 Å². The predicted octanol–water partition coefficient (Wildman–Crippen LogP) is 4.74. The van der Waals surface area contributed by atoms with E-state index in [0.29, 0.717) is 23.7 Å². The molecule has 2 aliphatic carbocycles. The molecule has 0 spiro atoms. The second kappa shape index (κ2) is 12.4. The van der Waals surface area contributed by atoms with Gasteiger partial charge in [-0.2, -0.15) is 0 Å². The molecule has 36 heavy (non-hydrogen) atoms. The van der Waals surface area contributed by atoms with Crippen LogP contribution >= 0.6 is 0 Å². The number of esters is 1. The third-order valence-corrected chi connectivity index (χ3v) is 8.99. The summed E-state index contributed by atoms with van der Waals surface area (Å²) in [5.74, 6) is 1.13. The molecule has 0 aromatic rings. The van der Waals surface area contributed by atoms with E-state index < -0.39 is 5.60 Å². The van der Waals surface area contributed by atoms with Crippen molar-refractivity contribution in [3.8, 4) is 0 Å². The fourth-order valence-corrected chi connectivity index (χ4v) is 6.79. The SMILES string of the molecule is CC(CC(CC1C(=O)N(C)C(=O)C1C)C1CCC(OCC(=O)OC(C)(C)C)CC1)C1CCC(O)CC1. The summed E-state index contributed by atoms with van der Waals surface area (Å²) in [6, 6.07) is 0. The average Bonchev–Trinajstić information content (AvgIpc) is 2.99. The Bertz CT molecular complexity index is 760. The fourth-order valence-electron chi connectivity index (χ4n) is 6.79. The van der Waals surface area contributed by atoms with Gasteiger partial charge in [-0.1, -0.05) is 13.8 Å². The maximum atomic E-state index is 12.9. The van der Waals surface area contributed by atoms with Crippen LogP contribution in [-0.4, -0.2) is 59.3 Å². The Hall–Kier alpha value is -1.47. The molecule has 2 amide bonds. The van der Waals surface area contributed by atoms with Crippen molar-refractivity contribution in [2.45, 2.75) is 117 Å². The van der Waals surface area contributed by atoms with Crippen molar-refractivity contribution in [3.05, 3.63) is 0 Å². The second-order valence-electron chi connectivity index (χ2n) is 12.8. The molecular formula is C29H49NO6. The van der Waals surface area contributed by atoms with Crippen LogP contribution in [0.15, 0.2) is 0 Å². The highest BCUT2D eigenvalue weighted by atomic mass is 16.6. The molecule has 4 unspecified atom stereocenters. The first-order valence-corrected chi connectivity index (χ1v) is 14.2. The van der Waals surface area contributed by atoms with E-state index in [9.17, 15) is 19.5 Å². The normalized spacial score (nSPS) is 33.5. The van der Waals surface area contributed by atoms with Crippen molar-refractivity contribution in [3.63, 3.8) is 0 Å². The monoisotopic (exact) mass is 507 g/mol. The number of rotatable bonds is 9. The van der Waals surface area contributed by atoms with E-state index in [4.69, 9.17) is 9.47 Å². The minimum Gasteiger partial charge on any atom is -0.458 e. The molecule has 3 rings (SSSR count). The summed E-state index contributed by atoms with van der Waals surface area (Å²) < 4.78 is 11.3. The van der Waals surface area contributed by atoms with Gasteiger partial charge < -0.3 is 14.6 Å². The second-order valence-corrected chi connectivity index (χ2v) is 12.8. The first-order chi connectivity index (χ1) is 16.9. The van der Waals surface area contributed by atoms with E-state index in [-0.39, 0.29) is 48.4 Å². The number of likely N-dealkylation sites (tertiary alicyclic amines) is 1. The van der Waals surface area contributed by atoms with Crippen LogP contribution < -0.4 is 0 Å². The van der Waals surface area contributed by atoms with E-state index in [2.05, 4.69) is 6.92 Å². The number of amides is 2. The number of ether oxygens (including phenoxy) is 2. The molecule has 1 aliphatic heterocycles. The van der Waals surface area contributed by atoms with Crippen molar-refractivity contribution in [2.75, 3.05) is 13.7 Å². The Morgan fingerprint density at radius 2 is 1.58 bits per heavy atom. The zero-order chi connectivity index (χ0) is 26.6. The van der Waals surface area contributed by atoms with Crippen LogP contribution in [0.2, 0.25) is 0 Å².